The van der Waals surface area contributed by atoms with Gasteiger partial charge in [-0.2, -0.15) is 0 Å². The zero-order valence-corrected chi connectivity index (χ0v) is 18.3. The predicted octanol–water partition coefficient (Wildman–Crippen LogP) is 5.62. The second-order valence-corrected chi connectivity index (χ2v) is 7.16. The summed E-state index contributed by atoms with van der Waals surface area (Å²) >= 11 is 11.8. The molecule has 29 heavy (non-hydrogen) atoms. The quantitative estimate of drug-likeness (QED) is 0.147. The molecule has 1 rings (SSSR count). The Hall–Kier alpha value is -2.24. The highest BCUT2D eigenvalue weighted by Crippen LogP contribution is 2.20. The molecule has 0 aliphatic heterocycles. The smallest absolute Gasteiger partial charge is 0.363 e. The second-order valence-electron chi connectivity index (χ2n) is 6.32. The van der Waals surface area contributed by atoms with Gasteiger partial charge in [-0.3, -0.25) is 0 Å². The van der Waals surface area contributed by atoms with Crippen molar-refractivity contribution in [1.82, 2.24) is 0 Å². The Morgan fingerprint density at radius 1 is 1.21 bits per heavy atom. The molecule has 0 radical (unpaired) electrons. The number of esters is 2. The van der Waals surface area contributed by atoms with Crippen LogP contribution in [0.4, 0.5) is 0 Å². The Morgan fingerprint density at radius 2 is 1.86 bits per heavy atom. The molecule has 0 heterocycles. The molecule has 0 aromatic heterocycles. The monoisotopic (exact) mass is 440 g/mol. The maximum absolute atomic E-state index is 12.3. The molecule has 0 aliphatic carbocycles. The minimum Gasteiger partial charge on any atom is -0.463 e. The van der Waals surface area contributed by atoms with E-state index >= 15 is 0 Å². The van der Waals surface area contributed by atoms with Crippen LogP contribution in [0.3, 0.4) is 0 Å². The molecule has 0 saturated heterocycles. The molecule has 1 aromatic rings. The fourth-order valence-electron chi connectivity index (χ4n) is 2.20. The van der Waals surface area contributed by atoms with Crippen LogP contribution in [0.5, 0.6) is 5.75 Å². The molecular weight excluding hydrogens is 415 g/mol. The van der Waals surface area contributed by atoms with Crippen LogP contribution in [0.2, 0.25) is 5.02 Å². The van der Waals surface area contributed by atoms with E-state index in [0.717, 1.165) is 5.57 Å². The van der Waals surface area contributed by atoms with E-state index in [4.69, 9.17) is 37.4 Å². The van der Waals surface area contributed by atoms with Gasteiger partial charge in [0.1, 0.15) is 11.9 Å². The lowest BCUT2D eigenvalue weighted by atomic mass is 10.0. The van der Waals surface area contributed by atoms with Crippen molar-refractivity contribution in [3.8, 4) is 5.75 Å². The summed E-state index contributed by atoms with van der Waals surface area (Å²) in [4.78, 5) is 23.5. The highest BCUT2D eigenvalue weighted by atomic mass is 35.5. The van der Waals surface area contributed by atoms with Gasteiger partial charge in [-0.25, -0.2) is 9.59 Å². The summed E-state index contributed by atoms with van der Waals surface area (Å²) in [6, 6.07) is 6.49. The van der Waals surface area contributed by atoms with E-state index in [2.05, 4.69) is 6.58 Å². The molecule has 158 valence electrons. The Balaban J connectivity index is 2.56. The van der Waals surface area contributed by atoms with Crippen molar-refractivity contribution in [3.05, 3.63) is 65.2 Å². The van der Waals surface area contributed by atoms with Crippen LogP contribution < -0.4 is 4.74 Å². The summed E-state index contributed by atoms with van der Waals surface area (Å²) in [5, 5.41) is 0.550. The van der Waals surface area contributed by atoms with E-state index in [9.17, 15) is 9.59 Å². The van der Waals surface area contributed by atoms with E-state index < -0.39 is 17.6 Å². The first kappa shape index (κ1) is 24.8. The number of carbonyl (C=O) groups excluding carboxylic acids is 2. The van der Waals surface area contributed by atoms with E-state index in [-0.39, 0.29) is 5.97 Å². The van der Waals surface area contributed by atoms with Crippen molar-refractivity contribution < 1.29 is 23.8 Å². The summed E-state index contributed by atoms with van der Waals surface area (Å²) in [6.07, 6.45) is 5.46. The van der Waals surface area contributed by atoms with Crippen molar-refractivity contribution in [1.29, 1.82) is 0 Å². The van der Waals surface area contributed by atoms with Gasteiger partial charge in [0.2, 0.25) is 0 Å². The van der Waals surface area contributed by atoms with Gasteiger partial charge in [-0.05, 0) is 63.5 Å². The SMILES string of the molecule is C=C(C)C(CCC(C)=CC=CC(=O)OCC)OC(=O)C(Cl)Oc1ccc(Cl)cc1. The van der Waals surface area contributed by atoms with E-state index in [0.29, 0.717) is 35.8 Å². The van der Waals surface area contributed by atoms with E-state index in [1.54, 1.807) is 44.2 Å². The summed E-state index contributed by atoms with van der Waals surface area (Å²) in [5.41, 5.74) is 0.415. The molecule has 7 heteroatoms. The number of carbonyl (C=O) groups is 2. The average molecular weight is 441 g/mol. The van der Waals surface area contributed by atoms with Crippen LogP contribution in [0.25, 0.3) is 0 Å². The first-order valence-corrected chi connectivity index (χ1v) is 9.97. The van der Waals surface area contributed by atoms with Crippen LogP contribution in [-0.4, -0.2) is 30.2 Å². The zero-order chi connectivity index (χ0) is 21.8. The molecular formula is C22H26Cl2O5. The van der Waals surface area contributed by atoms with Crippen molar-refractivity contribution in [3.63, 3.8) is 0 Å². The van der Waals surface area contributed by atoms with Gasteiger partial charge in [0.05, 0.1) is 6.61 Å². The van der Waals surface area contributed by atoms with E-state index in [1.165, 1.54) is 6.08 Å². The van der Waals surface area contributed by atoms with Crippen LogP contribution in [0.15, 0.2) is 60.2 Å². The van der Waals surface area contributed by atoms with Gasteiger partial charge in [-0.15, -0.1) is 0 Å². The molecule has 0 bridgehead atoms. The normalized spacial score (nSPS) is 13.6. The number of allylic oxidation sites excluding steroid dienone is 3. The number of hydrogen-bond donors (Lipinski definition) is 0. The zero-order valence-electron chi connectivity index (χ0n) is 16.8. The summed E-state index contributed by atoms with van der Waals surface area (Å²) in [6.45, 7) is 9.65. The minimum absolute atomic E-state index is 0.334. The van der Waals surface area contributed by atoms with Crippen LogP contribution in [0, 0.1) is 0 Å². The summed E-state index contributed by atoms with van der Waals surface area (Å²) < 4.78 is 15.6. The molecule has 5 nitrogen and oxygen atoms in total. The fraction of sp³-hybridized carbons (Fsp3) is 0.364. The molecule has 1 aromatic carbocycles. The predicted molar refractivity (Wildman–Crippen MR) is 115 cm³/mol. The Labute approximate surface area is 181 Å². The van der Waals surface area contributed by atoms with Crippen molar-refractivity contribution in [2.45, 2.75) is 45.3 Å². The van der Waals surface area contributed by atoms with Crippen molar-refractivity contribution in [2.75, 3.05) is 6.61 Å². The number of halogens is 2. The Morgan fingerprint density at radius 3 is 2.45 bits per heavy atom. The molecule has 0 saturated carbocycles. The lowest BCUT2D eigenvalue weighted by Gasteiger charge is -2.20. The first-order chi connectivity index (χ1) is 13.7. The summed E-state index contributed by atoms with van der Waals surface area (Å²) in [7, 11) is 0. The number of ether oxygens (including phenoxy) is 3. The van der Waals surface area contributed by atoms with Crippen molar-refractivity contribution >= 4 is 35.1 Å². The maximum Gasteiger partial charge on any atom is 0.363 e. The lowest BCUT2D eigenvalue weighted by molar-refractivity contribution is -0.152. The third-order valence-electron chi connectivity index (χ3n) is 3.75. The third-order valence-corrected chi connectivity index (χ3v) is 4.27. The maximum atomic E-state index is 12.3. The number of hydrogen-bond acceptors (Lipinski definition) is 5. The van der Waals surface area contributed by atoms with Gasteiger partial charge >= 0.3 is 11.9 Å². The average Bonchev–Trinajstić information content (AvgIpc) is 2.66. The van der Waals surface area contributed by atoms with Crippen molar-refractivity contribution in [2.24, 2.45) is 0 Å². The highest BCUT2D eigenvalue weighted by Gasteiger charge is 2.23. The second kappa shape index (κ2) is 13.1. The van der Waals surface area contributed by atoms with Gasteiger partial charge in [-0.1, -0.05) is 47.5 Å². The first-order valence-electron chi connectivity index (χ1n) is 9.15. The van der Waals surface area contributed by atoms with E-state index in [1.807, 2.05) is 13.0 Å². The van der Waals surface area contributed by atoms with Crippen LogP contribution in [0.1, 0.15) is 33.6 Å². The lowest BCUT2D eigenvalue weighted by Crippen LogP contribution is -2.29. The highest BCUT2D eigenvalue weighted by molar-refractivity contribution is 6.30. The molecule has 0 N–H and O–H groups in total. The number of benzene rings is 1. The van der Waals surface area contributed by atoms with Gasteiger partial charge < -0.3 is 14.2 Å². The number of alkyl halides is 1. The Kier molecular flexibility index (Phi) is 11.2. The standard InChI is InChI=1S/C22H26Cl2O5/c1-5-27-20(25)8-6-7-16(4)9-14-19(15(2)3)29-22(26)21(24)28-18-12-10-17(23)11-13-18/h6-8,10-13,19,21H,2,5,9,14H2,1,3-4H3. The van der Waals surface area contributed by atoms with Gasteiger partial charge in [0.15, 0.2) is 0 Å². The molecule has 2 atom stereocenters. The molecule has 2 unspecified atom stereocenters. The van der Waals surface area contributed by atoms with Crippen LogP contribution >= 0.6 is 23.2 Å². The fourth-order valence-corrected chi connectivity index (χ4v) is 2.48. The number of rotatable bonds is 11. The molecule has 0 amide bonds. The van der Waals surface area contributed by atoms with Gasteiger partial charge in [0.25, 0.3) is 5.56 Å². The van der Waals surface area contributed by atoms with Gasteiger partial charge in [0, 0.05) is 11.1 Å². The van der Waals surface area contributed by atoms with Crippen LogP contribution in [-0.2, 0) is 19.1 Å². The molecule has 0 aliphatic rings. The summed E-state index contributed by atoms with van der Waals surface area (Å²) in [5.74, 6) is -0.678. The Bertz CT molecular complexity index is 753. The largest absolute Gasteiger partial charge is 0.463 e. The molecule has 0 spiro atoms. The molecule has 0 fully saturated rings. The third kappa shape index (κ3) is 10.2. The minimum atomic E-state index is -1.29. The topological polar surface area (TPSA) is 61.8 Å².